The Morgan fingerprint density at radius 2 is 2.19 bits per heavy atom. The highest BCUT2D eigenvalue weighted by atomic mass is 19.1. The van der Waals surface area contributed by atoms with Crippen LogP contribution in [0.5, 0.6) is 0 Å². The quantitative estimate of drug-likeness (QED) is 0.632. The van der Waals surface area contributed by atoms with Crippen LogP contribution < -0.4 is 11.0 Å². The third-order valence-electron chi connectivity index (χ3n) is 3.04. The lowest BCUT2D eigenvalue weighted by Gasteiger charge is -2.04. The number of hydrogen-bond acceptors (Lipinski definition) is 3. The maximum absolute atomic E-state index is 13.0. The molecule has 0 fully saturated rings. The topological polar surface area (TPSA) is 57.2 Å². The van der Waals surface area contributed by atoms with E-state index in [2.05, 4.69) is 15.5 Å². The van der Waals surface area contributed by atoms with Crippen molar-refractivity contribution < 1.29 is 4.39 Å². The van der Waals surface area contributed by atoms with Crippen LogP contribution >= 0.6 is 0 Å². The SMILES string of the molecule is CC(CCCc1cccc(F)c1)=NNc1cc[nH]c(=O)c1. The van der Waals surface area contributed by atoms with Crippen molar-refractivity contribution >= 4 is 11.4 Å². The molecule has 0 radical (unpaired) electrons. The van der Waals surface area contributed by atoms with Gasteiger partial charge in [-0.2, -0.15) is 5.10 Å². The summed E-state index contributed by atoms with van der Waals surface area (Å²) in [6, 6.07) is 9.83. The van der Waals surface area contributed by atoms with Crippen molar-refractivity contribution in [1.29, 1.82) is 0 Å². The van der Waals surface area contributed by atoms with Crippen LogP contribution in [0.3, 0.4) is 0 Å². The van der Waals surface area contributed by atoms with Crippen LogP contribution in [-0.2, 0) is 6.42 Å². The van der Waals surface area contributed by atoms with E-state index in [1.165, 1.54) is 12.1 Å². The first kappa shape index (κ1) is 15.0. The fourth-order valence-electron chi connectivity index (χ4n) is 1.97. The predicted octanol–water partition coefficient (Wildman–Crippen LogP) is 3.32. The minimum Gasteiger partial charge on any atom is -0.329 e. The van der Waals surface area contributed by atoms with Crippen molar-refractivity contribution in [3.05, 3.63) is 64.3 Å². The standard InChI is InChI=1S/C16H18FN3O/c1-12(19-20-15-8-9-18-16(21)11-15)4-2-5-13-6-3-7-14(17)10-13/h3,6-11H,2,4-5H2,1H3,(H2,18,20,21). The Balaban J connectivity index is 1.80. The molecular weight excluding hydrogens is 269 g/mol. The molecule has 0 aliphatic carbocycles. The summed E-state index contributed by atoms with van der Waals surface area (Å²) in [4.78, 5) is 13.7. The number of aryl methyl sites for hydroxylation is 1. The number of aromatic nitrogens is 1. The number of halogens is 1. The minimum atomic E-state index is -0.200. The van der Waals surface area contributed by atoms with Gasteiger partial charge in [0.15, 0.2) is 0 Å². The second-order valence-electron chi connectivity index (χ2n) is 4.88. The van der Waals surface area contributed by atoms with E-state index < -0.39 is 0 Å². The lowest BCUT2D eigenvalue weighted by molar-refractivity contribution is 0.624. The predicted molar refractivity (Wildman–Crippen MR) is 83.1 cm³/mol. The van der Waals surface area contributed by atoms with Gasteiger partial charge in [0, 0.05) is 18.0 Å². The van der Waals surface area contributed by atoms with Gasteiger partial charge in [0.25, 0.3) is 0 Å². The third kappa shape index (κ3) is 5.22. The first-order valence-corrected chi connectivity index (χ1v) is 6.86. The number of anilines is 1. The van der Waals surface area contributed by atoms with Crippen molar-refractivity contribution in [1.82, 2.24) is 4.98 Å². The van der Waals surface area contributed by atoms with Crippen molar-refractivity contribution in [3.8, 4) is 0 Å². The van der Waals surface area contributed by atoms with Crippen LogP contribution in [0.15, 0.2) is 52.5 Å². The molecule has 0 bridgehead atoms. The van der Waals surface area contributed by atoms with Gasteiger partial charge in [-0.3, -0.25) is 10.2 Å². The zero-order valence-electron chi connectivity index (χ0n) is 11.9. The Hall–Kier alpha value is -2.43. The zero-order valence-corrected chi connectivity index (χ0v) is 11.9. The lowest BCUT2D eigenvalue weighted by atomic mass is 10.1. The second kappa shape index (κ2) is 7.38. The van der Waals surface area contributed by atoms with Gasteiger partial charge in [0.2, 0.25) is 5.56 Å². The highest BCUT2D eigenvalue weighted by molar-refractivity contribution is 5.82. The molecule has 0 spiro atoms. The zero-order chi connectivity index (χ0) is 15.1. The molecule has 1 aromatic carbocycles. The molecular formula is C16H18FN3O. The smallest absolute Gasteiger partial charge is 0.250 e. The van der Waals surface area contributed by atoms with E-state index in [9.17, 15) is 9.18 Å². The summed E-state index contributed by atoms with van der Waals surface area (Å²) < 4.78 is 13.0. The summed E-state index contributed by atoms with van der Waals surface area (Å²) in [7, 11) is 0. The summed E-state index contributed by atoms with van der Waals surface area (Å²) in [5.74, 6) is -0.200. The van der Waals surface area contributed by atoms with Crippen LogP contribution in [0.25, 0.3) is 0 Å². The minimum absolute atomic E-state index is 0.168. The molecule has 2 N–H and O–H groups in total. The molecule has 1 aromatic heterocycles. The molecule has 4 nitrogen and oxygen atoms in total. The Kier molecular flexibility index (Phi) is 5.26. The van der Waals surface area contributed by atoms with Crippen LogP contribution in [-0.4, -0.2) is 10.7 Å². The van der Waals surface area contributed by atoms with Crippen LogP contribution in [0.1, 0.15) is 25.3 Å². The normalized spacial score (nSPS) is 11.4. The number of hydrazone groups is 1. The van der Waals surface area contributed by atoms with Crippen molar-refractivity contribution in [2.75, 3.05) is 5.43 Å². The molecule has 1 heterocycles. The Labute approximate surface area is 122 Å². The van der Waals surface area contributed by atoms with Crippen molar-refractivity contribution in [2.45, 2.75) is 26.2 Å². The molecule has 5 heteroatoms. The van der Waals surface area contributed by atoms with Gasteiger partial charge in [0.1, 0.15) is 5.82 Å². The van der Waals surface area contributed by atoms with Gasteiger partial charge in [-0.05, 0) is 49.9 Å². The van der Waals surface area contributed by atoms with E-state index in [0.717, 1.165) is 30.5 Å². The van der Waals surface area contributed by atoms with Gasteiger partial charge in [-0.25, -0.2) is 4.39 Å². The molecule has 0 saturated heterocycles. The fourth-order valence-corrected chi connectivity index (χ4v) is 1.97. The number of H-pyrrole nitrogens is 1. The number of pyridine rings is 1. The number of benzene rings is 1. The first-order valence-electron chi connectivity index (χ1n) is 6.86. The number of aromatic amines is 1. The molecule has 2 rings (SSSR count). The molecule has 21 heavy (non-hydrogen) atoms. The van der Waals surface area contributed by atoms with Crippen LogP contribution in [0, 0.1) is 5.82 Å². The Bertz CT molecular complexity index is 679. The number of rotatable bonds is 6. The van der Waals surface area contributed by atoms with E-state index in [4.69, 9.17) is 0 Å². The average Bonchev–Trinajstić information content (AvgIpc) is 2.45. The van der Waals surface area contributed by atoms with Gasteiger partial charge >= 0.3 is 0 Å². The molecule has 0 aliphatic rings. The summed E-state index contributed by atoms with van der Waals surface area (Å²) >= 11 is 0. The summed E-state index contributed by atoms with van der Waals surface area (Å²) in [5, 5.41) is 4.22. The summed E-state index contributed by atoms with van der Waals surface area (Å²) in [6.07, 6.45) is 4.09. The lowest BCUT2D eigenvalue weighted by Crippen LogP contribution is -2.05. The fraction of sp³-hybridized carbons (Fsp3) is 0.250. The van der Waals surface area contributed by atoms with Gasteiger partial charge < -0.3 is 4.98 Å². The first-order chi connectivity index (χ1) is 10.1. The molecule has 0 aliphatic heterocycles. The van der Waals surface area contributed by atoms with Gasteiger partial charge in [-0.15, -0.1) is 0 Å². The van der Waals surface area contributed by atoms with E-state index in [1.807, 2.05) is 13.0 Å². The van der Waals surface area contributed by atoms with Crippen molar-refractivity contribution in [3.63, 3.8) is 0 Å². The number of nitrogens with one attached hydrogen (secondary N) is 2. The molecule has 0 atom stereocenters. The van der Waals surface area contributed by atoms with Crippen LogP contribution in [0.4, 0.5) is 10.1 Å². The Morgan fingerprint density at radius 3 is 2.95 bits per heavy atom. The largest absolute Gasteiger partial charge is 0.329 e. The van der Waals surface area contributed by atoms with E-state index in [-0.39, 0.29) is 11.4 Å². The van der Waals surface area contributed by atoms with E-state index in [0.29, 0.717) is 5.69 Å². The van der Waals surface area contributed by atoms with Crippen molar-refractivity contribution in [2.24, 2.45) is 5.10 Å². The molecule has 2 aromatic rings. The maximum Gasteiger partial charge on any atom is 0.250 e. The van der Waals surface area contributed by atoms with E-state index in [1.54, 1.807) is 24.4 Å². The average molecular weight is 287 g/mol. The maximum atomic E-state index is 13.0. The number of nitrogens with zero attached hydrogens (tertiary/aromatic N) is 1. The number of hydrogen-bond donors (Lipinski definition) is 2. The molecule has 0 amide bonds. The molecule has 0 saturated carbocycles. The second-order valence-corrected chi connectivity index (χ2v) is 4.88. The summed E-state index contributed by atoms with van der Waals surface area (Å²) in [5.41, 5.74) is 5.27. The summed E-state index contributed by atoms with van der Waals surface area (Å²) in [6.45, 7) is 1.92. The van der Waals surface area contributed by atoms with Crippen LogP contribution in [0.2, 0.25) is 0 Å². The van der Waals surface area contributed by atoms with E-state index >= 15 is 0 Å². The van der Waals surface area contributed by atoms with Gasteiger partial charge in [0.05, 0.1) is 5.69 Å². The highest BCUT2D eigenvalue weighted by Gasteiger charge is 1.98. The molecule has 0 unspecified atom stereocenters. The highest BCUT2D eigenvalue weighted by Crippen LogP contribution is 2.08. The Morgan fingerprint density at radius 1 is 1.33 bits per heavy atom. The third-order valence-corrected chi connectivity index (χ3v) is 3.04. The molecule has 110 valence electrons. The monoisotopic (exact) mass is 287 g/mol. The van der Waals surface area contributed by atoms with Gasteiger partial charge in [-0.1, -0.05) is 12.1 Å².